The lowest BCUT2D eigenvalue weighted by atomic mass is 10.1. The van der Waals surface area contributed by atoms with E-state index in [9.17, 15) is 4.79 Å². The Bertz CT molecular complexity index is 815. The predicted molar refractivity (Wildman–Crippen MR) is 78.4 cm³/mol. The van der Waals surface area contributed by atoms with Crippen LogP contribution >= 0.6 is 15.9 Å². The molecule has 96 valence electrons. The third kappa shape index (κ3) is 2.00. The number of nitrogens with one attached hydrogen (secondary N) is 1. The highest BCUT2D eigenvalue weighted by Gasteiger charge is 2.13. The third-order valence-electron chi connectivity index (χ3n) is 3.06. The van der Waals surface area contributed by atoms with Gasteiger partial charge in [0.25, 0.3) is 5.56 Å². The van der Waals surface area contributed by atoms with E-state index in [2.05, 4.69) is 26.0 Å². The Labute approximate surface area is 118 Å². The summed E-state index contributed by atoms with van der Waals surface area (Å²) in [4.78, 5) is 16.4. The van der Waals surface area contributed by atoms with Crippen molar-refractivity contribution in [3.8, 4) is 11.1 Å². The van der Waals surface area contributed by atoms with Crippen molar-refractivity contribution in [2.24, 2.45) is 0 Å². The molecular formula is C14H12BrN3O. The van der Waals surface area contributed by atoms with Crippen LogP contribution in [-0.4, -0.2) is 14.6 Å². The zero-order valence-electron chi connectivity index (χ0n) is 10.6. The minimum atomic E-state index is -0.0889. The molecule has 0 radical (unpaired) electrons. The highest BCUT2D eigenvalue weighted by Crippen LogP contribution is 2.27. The van der Waals surface area contributed by atoms with E-state index in [-0.39, 0.29) is 5.56 Å². The molecule has 4 nitrogen and oxygen atoms in total. The average molecular weight is 318 g/mol. The number of aromatic nitrogens is 3. The second-order valence-electron chi connectivity index (χ2n) is 4.51. The quantitative estimate of drug-likeness (QED) is 0.750. The van der Waals surface area contributed by atoms with Crippen LogP contribution in [0.5, 0.6) is 0 Å². The molecule has 0 amide bonds. The first-order valence-electron chi connectivity index (χ1n) is 5.91. The van der Waals surface area contributed by atoms with E-state index >= 15 is 0 Å². The van der Waals surface area contributed by atoms with Crippen molar-refractivity contribution < 1.29 is 0 Å². The Morgan fingerprint density at radius 1 is 1.21 bits per heavy atom. The summed E-state index contributed by atoms with van der Waals surface area (Å²) in [5.41, 5.74) is 4.24. The van der Waals surface area contributed by atoms with E-state index in [1.54, 1.807) is 0 Å². The number of rotatable bonds is 1. The first-order valence-corrected chi connectivity index (χ1v) is 6.70. The topological polar surface area (TPSA) is 50.2 Å². The smallest absolute Gasteiger partial charge is 0.272 e. The SMILES string of the molecule is Cc1cc(=O)n2[nH]c(C)c(-c3ccc(Br)cc3)c2n1. The molecule has 0 spiro atoms. The summed E-state index contributed by atoms with van der Waals surface area (Å²) < 4.78 is 2.51. The van der Waals surface area contributed by atoms with Crippen LogP contribution in [-0.2, 0) is 0 Å². The molecule has 0 atom stereocenters. The van der Waals surface area contributed by atoms with E-state index in [4.69, 9.17) is 0 Å². The van der Waals surface area contributed by atoms with Crippen LogP contribution in [0, 0.1) is 13.8 Å². The molecule has 5 heteroatoms. The number of halogens is 1. The number of hydrogen-bond donors (Lipinski definition) is 1. The van der Waals surface area contributed by atoms with Crippen LogP contribution in [0.2, 0.25) is 0 Å². The summed E-state index contributed by atoms with van der Waals surface area (Å²) in [5.74, 6) is 0. The van der Waals surface area contributed by atoms with Crippen LogP contribution < -0.4 is 5.56 Å². The second-order valence-corrected chi connectivity index (χ2v) is 5.43. The maximum absolute atomic E-state index is 11.9. The first-order chi connectivity index (χ1) is 9.06. The van der Waals surface area contributed by atoms with Crippen molar-refractivity contribution in [2.75, 3.05) is 0 Å². The molecule has 0 saturated heterocycles. The number of H-pyrrole nitrogens is 1. The molecule has 2 heterocycles. The summed E-state index contributed by atoms with van der Waals surface area (Å²) in [6.45, 7) is 3.77. The average Bonchev–Trinajstić information content (AvgIpc) is 2.67. The molecule has 3 rings (SSSR count). The van der Waals surface area contributed by atoms with Crippen LogP contribution in [0.1, 0.15) is 11.4 Å². The van der Waals surface area contributed by atoms with Crippen molar-refractivity contribution in [3.63, 3.8) is 0 Å². The van der Waals surface area contributed by atoms with Crippen molar-refractivity contribution in [2.45, 2.75) is 13.8 Å². The summed E-state index contributed by atoms with van der Waals surface area (Å²) in [7, 11) is 0. The fourth-order valence-electron chi connectivity index (χ4n) is 2.23. The monoisotopic (exact) mass is 317 g/mol. The Kier molecular flexibility index (Phi) is 2.78. The molecule has 1 aromatic carbocycles. The number of aromatic amines is 1. The van der Waals surface area contributed by atoms with Crippen molar-refractivity contribution in [3.05, 3.63) is 56.5 Å². The largest absolute Gasteiger partial charge is 0.293 e. The minimum absolute atomic E-state index is 0.0889. The highest BCUT2D eigenvalue weighted by molar-refractivity contribution is 9.10. The second kappa shape index (κ2) is 4.35. The van der Waals surface area contributed by atoms with Crippen molar-refractivity contribution >= 4 is 21.6 Å². The molecule has 2 aromatic heterocycles. The van der Waals surface area contributed by atoms with Crippen LogP contribution in [0.25, 0.3) is 16.8 Å². The highest BCUT2D eigenvalue weighted by atomic mass is 79.9. The summed E-state index contributed by atoms with van der Waals surface area (Å²) in [6, 6.07) is 9.50. The van der Waals surface area contributed by atoms with Gasteiger partial charge in [0.05, 0.1) is 0 Å². The van der Waals surface area contributed by atoms with E-state index in [1.165, 1.54) is 10.6 Å². The van der Waals surface area contributed by atoms with Crippen LogP contribution in [0.3, 0.4) is 0 Å². The van der Waals surface area contributed by atoms with Crippen molar-refractivity contribution in [1.29, 1.82) is 0 Å². The molecule has 0 saturated carbocycles. The lowest BCUT2D eigenvalue weighted by Crippen LogP contribution is -2.14. The Hall–Kier alpha value is -1.88. The zero-order chi connectivity index (χ0) is 13.6. The number of nitrogens with zero attached hydrogens (tertiary/aromatic N) is 2. The fourth-order valence-corrected chi connectivity index (χ4v) is 2.49. The van der Waals surface area contributed by atoms with E-state index in [1.807, 2.05) is 38.1 Å². The van der Waals surface area contributed by atoms with E-state index in [0.717, 1.165) is 27.0 Å². The normalized spacial score (nSPS) is 11.1. The van der Waals surface area contributed by atoms with Gasteiger partial charge in [-0.25, -0.2) is 9.50 Å². The van der Waals surface area contributed by atoms with Crippen LogP contribution in [0.4, 0.5) is 0 Å². The lowest BCUT2D eigenvalue weighted by Gasteiger charge is -2.01. The molecular weight excluding hydrogens is 306 g/mol. The van der Waals surface area contributed by atoms with Gasteiger partial charge in [-0.15, -0.1) is 0 Å². The van der Waals surface area contributed by atoms with Gasteiger partial charge < -0.3 is 0 Å². The van der Waals surface area contributed by atoms with Crippen LogP contribution in [0.15, 0.2) is 39.6 Å². The fraction of sp³-hybridized carbons (Fsp3) is 0.143. The van der Waals surface area contributed by atoms with Gasteiger partial charge in [0.2, 0.25) is 0 Å². The van der Waals surface area contributed by atoms with Gasteiger partial charge in [0, 0.05) is 27.5 Å². The number of hydrogen-bond acceptors (Lipinski definition) is 2. The van der Waals surface area contributed by atoms with Gasteiger partial charge in [-0.2, -0.15) is 0 Å². The predicted octanol–water partition coefficient (Wildman–Crippen LogP) is 3.07. The first kappa shape index (κ1) is 12.2. The molecule has 0 bridgehead atoms. The molecule has 0 aliphatic carbocycles. The minimum Gasteiger partial charge on any atom is -0.293 e. The third-order valence-corrected chi connectivity index (χ3v) is 3.59. The summed E-state index contributed by atoms with van der Waals surface area (Å²) >= 11 is 3.42. The van der Waals surface area contributed by atoms with Gasteiger partial charge >= 0.3 is 0 Å². The van der Waals surface area contributed by atoms with Crippen molar-refractivity contribution in [1.82, 2.24) is 14.6 Å². The summed E-state index contributed by atoms with van der Waals surface area (Å²) in [6.07, 6.45) is 0. The van der Waals surface area contributed by atoms with Gasteiger partial charge in [-0.3, -0.25) is 9.89 Å². The number of benzene rings is 1. The molecule has 0 fully saturated rings. The van der Waals surface area contributed by atoms with Gasteiger partial charge in [0.1, 0.15) is 0 Å². The lowest BCUT2D eigenvalue weighted by molar-refractivity contribution is 0.873. The maximum Gasteiger partial charge on any atom is 0.272 e. The molecule has 0 aliphatic rings. The van der Waals surface area contributed by atoms with E-state index in [0.29, 0.717) is 5.65 Å². The number of fused-ring (bicyclic) bond motifs is 1. The molecule has 19 heavy (non-hydrogen) atoms. The Balaban J connectivity index is 2.37. The Morgan fingerprint density at radius 2 is 1.89 bits per heavy atom. The molecule has 0 unspecified atom stereocenters. The Morgan fingerprint density at radius 3 is 2.58 bits per heavy atom. The van der Waals surface area contributed by atoms with Gasteiger partial charge in [-0.05, 0) is 31.5 Å². The van der Waals surface area contributed by atoms with E-state index < -0.39 is 0 Å². The molecule has 0 aliphatic heterocycles. The zero-order valence-corrected chi connectivity index (χ0v) is 12.2. The standard InChI is InChI=1S/C14H12BrN3O/c1-8-7-12(19)18-14(16-8)13(9(2)17-18)10-3-5-11(15)6-4-10/h3-7,17H,1-2H3. The number of aryl methyl sites for hydroxylation is 2. The molecule has 1 N–H and O–H groups in total. The summed E-state index contributed by atoms with van der Waals surface area (Å²) in [5, 5.41) is 3.07. The molecule has 3 aromatic rings. The van der Waals surface area contributed by atoms with Gasteiger partial charge in [-0.1, -0.05) is 28.1 Å². The maximum atomic E-state index is 11.9. The van der Waals surface area contributed by atoms with Gasteiger partial charge in [0.15, 0.2) is 5.65 Å².